The maximum atomic E-state index is 12.3. The Balaban J connectivity index is 0.00000342. The number of thiophene rings is 1. The molecule has 8 nitrogen and oxygen atoms in total. The van der Waals surface area contributed by atoms with Crippen LogP contribution >= 0.6 is 11.3 Å². The first kappa shape index (κ1) is 27.3. The highest BCUT2D eigenvalue weighted by atomic mass is 32.2. The second-order valence-corrected chi connectivity index (χ2v) is 11.8. The first-order valence-corrected chi connectivity index (χ1v) is 14.4. The SMILES string of the molecule is C.NCCCCNc1nc(NCC2CCC(CNS(=O)(=O)c3cccs3)CC2)nc2ccccc12. The number of rotatable bonds is 12. The molecule has 1 aliphatic rings. The van der Waals surface area contributed by atoms with Crippen molar-refractivity contribution < 1.29 is 8.42 Å². The van der Waals surface area contributed by atoms with E-state index in [2.05, 4.69) is 15.4 Å². The Morgan fingerprint density at radius 2 is 1.69 bits per heavy atom. The molecule has 3 aromatic rings. The summed E-state index contributed by atoms with van der Waals surface area (Å²) >= 11 is 1.25. The molecule has 1 aromatic carbocycles. The van der Waals surface area contributed by atoms with Crippen molar-refractivity contribution in [3.8, 4) is 0 Å². The number of aromatic nitrogens is 2. The van der Waals surface area contributed by atoms with E-state index in [0.717, 1.165) is 68.3 Å². The fraction of sp³-hybridized carbons (Fsp3) is 0.520. The van der Waals surface area contributed by atoms with Crippen molar-refractivity contribution in [2.75, 3.05) is 36.8 Å². The number of nitrogens with one attached hydrogen (secondary N) is 3. The summed E-state index contributed by atoms with van der Waals surface area (Å²) < 4.78 is 27.9. The monoisotopic (exact) mass is 518 g/mol. The number of nitrogens with two attached hydrogens (primary N) is 1. The van der Waals surface area contributed by atoms with Gasteiger partial charge in [0.25, 0.3) is 0 Å². The molecular weight excluding hydrogens is 480 g/mol. The second-order valence-electron chi connectivity index (χ2n) is 8.89. The van der Waals surface area contributed by atoms with Crippen molar-refractivity contribution in [1.29, 1.82) is 0 Å². The molecule has 0 amide bonds. The highest BCUT2D eigenvalue weighted by Crippen LogP contribution is 2.29. The summed E-state index contributed by atoms with van der Waals surface area (Å²) in [5, 5.41) is 9.69. The van der Waals surface area contributed by atoms with Gasteiger partial charge in [-0.15, -0.1) is 11.3 Å². The maximum absolute atomic E-state index is 12.3. The van der Waals surface area contributed by atoms with Crippen molar-refractivity contribution in [2.45, 2.75) is 50.2 Å². The number of para-hydroxylation sites is 1. The maximum Gasteiger partial charge on any atom is 0.250 e. The van der Waals surface area contributed by atoms with Crippen LogP contribution < -0.4 is 21.1 Å². The molecule has 4 rings (SSSR count). The van der Waals surface area contributed by atoms with Gasteiger partial charge >= 0.3 is 0 Å². The normalized spacial score (nSPS) is 18.2. The van der Waals surface area contributed by atoms with Gasteiger partial charge in [0.15, 0.2) is 0 Å². The number of hydrogen-bond acceptors (Lipinski definition) is 8. The van der Waals surface area contributed by atoms with Crippen LogP contribution in [0.25, 0.3) is 10.9 Å². The van der Waals surface area contributed by atoms with Gasteiger partial charge in [0.2, 0.25) is 16.0 Å². The van der Waals surface area contributed by atoms with Crippen LogP contribution in [0.3, 0.4) is 0 Å². The van der Waals surface area contributed by atoms with Crippen LogP contribution in [-0.4, -0.2) is 44.6 Å². The lowest BCUT2D eigenvalue weighted by atomic mass is 9.82. The lowest BCUT2D eigenvalue weighted by Gasteiger charge is -2.28. The van der Waals surface area contributed by atoms with Crippen LogP contribution in [-0.2, 0) is 10.0 Å². The molecule has 0 spiro atoms. The van der Waals surface area contributed by atoms with Gasteiger partial charge in [0.05, 0.1) is 5.52 Å². The fourth-order valence-corrected chi connectivity index (χ4v) is 6.51. The Kier molecular flexibility index (Phi) is 10.3. The summed E-state index contributed by atoms with van der Waals surface area (Å²) in [7, 11) is -3.38. The zero-order valence-electron chi connectivity index (χ0n) is 19.4. The number of hydrogen-bond donors (Lipinski definition) is 4. The van der Waals surface area contributed by atoms with Gasteiger partial charge in [-0.25, -0.2) is 18.1 Å². The molecule has 0 atom stereocenters. The minimum absolute atomic E-state index is 0. The van der Waals surface area contributed by atoms with E-state index < -0.39 is 10.0 Å². The summed E-state index contributed by atoms with van der Waals surface area (Å²) in [6.07, 6.45) is 6.16. The van der Waals surface area contributed by atoms with Gasteiger partial charge in [0.1, 0.15) is 10.0 Å². The molecule has 0 unspecified atom stereocenters. The van der Waals surface area contributed by atoms with Crippen molar-refractivity contribution in [1.82, 2.24) is 14.7 Å². The van der Waals surface area contributed by atoms with Crippen molar-refractivity contribution in [3.63, 3.8) is 0 Å². The molecule has 2 heterocycles. The van der Waals surface area contributed by atoms with Crippen LogP contribution in [0.2, 0.25) is 0 Å². The predicted octanol–water partition coefficient (Wildman–Crippen LogP) is 4.68. The van der Waals surface area contributed by atoms with Gasteiger partial charge in [-0.05, 0) is 80.5 Å². The Hall–Kier alpha value is -2.27. The minimum atomic E-state index is -3.38. The largest absolute Gasteiger partial charge is 0.369 e. The Labute approximate surface area is 213 Å². The summed E-state index contributed by atoms with van der Waals surface area (Å²) in [4.78, 5) is 9.44. The van der Waals surface area contributed by atoms with Gasteiger partial charge < -0.3 is 16.4 Å². The predicted molar refractivity (Wildman–Crippen MR) is 146 cm³/mol. The van der Waals surface area contributed by atoms with Gasteiger partial charge in [-0.1, -0.05) is 25.6 Å². The van der Waals surface area contributed by atoms with Gasteiger partial charge in [0, 0.05) is 25.0 Å². The number of benzene rings is 1. The first-order chi connectivity index (χ1) is 16.5. The van der Waals surface area contributed by atoms with Crippen molar-refractivity contribution in [3.05, 3.63) is 41.8 Å². The average Bonchev–Trinajstić information content (AvgIpc) is 3.41. The molecule has 0 saturated heterocycles. The van der Waals surface area contributed by atoms with E-state index >= 15 is 0 Å². The molecular formula is C25H38N6O2S2. The quantitative estimate of drug-likeness (QED) is 0.257. The van der Waals surface area contributed by atoms with Crippen LogP contribution in [0.1, 0.15) is 46.0 Å². The molecule has 0 aliphatic heterocycles. The van der Waals surface area contributed by atoms with E-state index in [4.69, 9.17) is 15.7 Å². The molecule has 5 N–H and O–H groups in total. The molecule has 10 heteroatoms. The highest BCUT2D eigenvalue weighted by molar-refractivity contribution is 7.91. The Bertz CT molecular complexity index is 1150. The Morgan fingerprint density at radius 3 is 2.40 bits per heavy atom. The summed E-state index contributed by atoms with van der Waals surface area (Å²) in [5.74, 6) is 2.41. The lowest BCUT2D eigenvalue weighted by molar-refractivity contribution is 0.284. The smallest absolute Gasteiger partial charge is 0.250 e. The zero-order valence-corrected chi connectivity index (χ0v) is 21.0. The third-order valence-electron chi connectivity index (χ3n) is 6.36. The molecule has 1 saturated carbocycles. The summed E-state index contributed by atoms with van der Waals surface area (Å²) in [5.41, 5.74) is 6.52. The van der Waals surface area contributed by atoms with Crippen LogP contribution in [0.15, 0.2) is 46.0 Å². The molecule has 1 aliphatic carbocycles. The van der Waals surface area contributed by atoms with Gasteiger partial charge in [-0.2, -0.15) is 4.98 Å². The third-order valence-corrected chi connectivity index (χ3v) is 9.18. The molecule has 1 fully saturated rings. The van der Waals surface area contributed by atoms with E-state index in [-0.39, 0.29) is 7.43 Å². The summed E-state index contributed by atoms with van der Waals surface area (Å²) in [6.45, 7) is 2.85. The molecule has 0 bridgehead atoms. The summed E-state index contributed by atoms with van der Waals surface area (Å²) in [6, 6.07) is 11.4. The third kappa shape index (κ3) is 7.60. The topological polar surface area (TPSA) is 122 Å². The molecule has 0 radical (unpaired) electrons. The van der Waals surface area contributed by atoms with Crippen LogP contribution in [0.4, 0.5) is 11.8 Å². The van der Waals surface area contributed by atoms with Crippen LogP contribution in [0, 0.1) is 11.8 Å². The Morgan fingerprint density at radius 1 is 0.943 bits per heavy atom. The number of unbranched alkanes of at least 4 members (excludes halogenated alkanes) is 1. The number of sulfonamides is 1. The molecule has 35 heavy (non-hydrogen) atoms. The average molecular weight is 519 g/mol. The highest BCUT2D eigenvalue weighted by Gasteiger charge is 2.24. The lowest BCUT2D eigenvalue weighted by Crippen LogP contribution is -2.32. The van der Waals surface area contributed by atoms with E-state index in [1.807, 2.05) is 24.3 Å². The zero-order chi connectivity index (χ0) is 23.8. The van der Waals surface area contributed by atoms with Gasteiger partial charge in [-0.3, -0.25) is 0 Å². The van der Waals surface area contributed by atoms with E-state index in [1.54, 1.807) is 17.5 Å². The number of anilines is 2. The number of fused-ring (bicyclic) bond motifs is 1. The van der Waals surface area contributed by atoms with Crippen molar-refractivity contribution in [2.24, 2.45) is 17.6 Å². The fourth-order valence-electron chi connectivity index (χ4n) is 4.36. The van der Waals surface area contributed by atoms with E-state index in [9.17, 15) is 8.42 Å². The first-order valence-electron chi connectivity index (χ1n) is 12.0. The molecule has 192 valence electrons. The van der Waals surface area contributed by atoms with Crippen LogP contribution in [0.5, 0.6) is 0 Å². The second kappa shape index (κ2) is 13.2. The van der Waals surface area contributed by atoms with E-state index in [0.29, 0.717) is 35.1 Å². The van der Waals surface area contributed by atoms with Crippen molar-refractivity contribution >= 4 is 44.0 Å². The minimum Gasteiger partial charge on any atom is -0.369 e. The molecule has 2 aromatic heterocycles. The van der Waals surface area contributed by atoms with E-state index in [1.165, 1.54) is 11.3 Å². The number of nitrogens with zero attached hydrogens (tertiary/aromatic N) is 2. The standard InChI is InChI=1S/C24H34N6O2S2.CH4/c25-13-3-4-14-26-23-20-6-1-2-7-21(20)29-24(30-23)27-16-18-9-11-19(12-10-18)17-28-34(31,32)22-8-5-15-33-22;/h1-2,5-8,15,18-19,28H,3-4,9-14,16-17,25H2,(H2,26,27,29,30);1H4.